The number of halogens is 1. The summed E-state index contributed by atoms with van der Waals surface area (Å²) in [6.45, 7) is 4.95. The zero-order valence-corrected chi connectivity index (χ0v) is 12.0. The van der Waals surface area contributed by atoms with Crippen molar-refractivity contribution in [3.8, 4) is 5.75 Å². The normalized spacial score (nSPS) is 16.1. The van der Waals surface area contributed by atoms with Gasteiger partial charge in [-0.05, 0) is 31.0 Å². The molecular weight excluding hydrogens is 264 g/mol. The first kappa shape index (κ1) is 16.2. The van der Waals surface area contributed by atoms with Crippen molar-refractivity contribution in [2.75, 3.05) is 32.8 Å². The molecule has 108 valence electrons. The van der Waals surface area contributed by atoms with Crippen LogP contribution in [0.15, 0.2) is 18.2 Å². The number of hydrogen-bond acceptors (Lipinski definition) is 4. The van der Waals surface area contributed by atoms with E-state index in [4.69, 9.17) is 10.5 Å². The first-order valence-electron chi connectivity index (χ1n) is 6.60. The number of morpholine rings is 1. The van der Waals surface area contributed by atoms with Crippen molar-refractivity contribution in [1.82, 2.24) is 4.90 Å². The zero-order valence-electron chi connectivity index (χ0n) is 11.2. The average Bonchev–Trinajstić information content (AvgIpc) is 2.41. The Hall–Kier alpha value is -0.810. The number of rotatable bonds is 5. The Morgan fingerprint density at radius 3 is 2.68 bits per heavy atom. The summed E-state index contributed by atoms with van der Waals surface area (Å²) in [6, 6.07) is 5.87. The molecule has 0 unspecified atom stereocenters. The number of nitrogens with zero attached hydrogens (tertiary/aromatic N) is 1. The molecule has 1 saturated heterocycles. The van der Waals surface area contributed by atoms with Crippen molar-refractivity contribution in [2.24, 2.45) is 5.73 Å². The van der Waals surface area contributed by atoms with Gasteiger partial charge in [0.15, 0.2) is 0 Å². The van der Waals surface area contributed by atoms with Gasteiger partial charge in [-0.1, -0.05) is 12.1 Å². The number of benzene rings is 1. The third kappa shape index (κ3) is 4.99. The van der Waals surface area contributed by atoms with Crippen LogP contribution in [0.1, 0.15) is 17.5 Å². The molecule has 0 spiro atoms. The molecule has 0 radical (unpaired) electrons. The van der Waals surface area contributed by atoms with Gasteiger partial charge in [0.2, 0.25) is 0 Å². The lowest BCUT2D eigenvalue weighted by atomic mass is 10.0. The summed E-state index contributed by atoms with van der Waals surface area (Å²) in [5.74, 6) is 0.387. The van der Waals surface area contributed by atoms with Gasteiger partial charge in [0.25, 0.3) is 0 Å². The van der Waals surface area contributed by atoms with Crippen LogP contribution in [-0.4, -0.2) is 42.9 Å². The Kier molecular flexibility index (Phi) is 7.16. The third-order valence-corrected chi connectivity index (χ3v) is 3.31. The minimum Gasteiger partial charge on any atom is -0.508 e. The zero-order chi connectivity index (χ0) is 12.8. The van der Waals surface area contributed by atoms with Gasteiger partial charge in [-0.25, -0.2) is 0 Å². The van der Waals surface area contributed by atoms with Gasteiger partial charge in [0.05, 0.1) is 13.2 Å². The second-order valence-electron chi connectivity index (χ2n) is 4.74. The SMILES string of the molecule is Cl.NCCCc1ccc(O)c(CN2CCOCC2)c1. The Morgan fingerprint density at radius 1 is 1.26 bits per heavy atom. The fraction of sp³-hybridized carbons (Fsp3) is 0.571. The summed E-state index contributed by atoms with van der Waals surface area (Å²) >= 11 is 0. The molecule has 2 rings (SSSR count). The third-order valence-electron chi connectivity index (χ3n) is 3.31. The smallest absolute Gasteiger partial charge is 0.120 e. The average molecular weight is 287 g/mol. The predicted molar refractivity (Wildman–Crippen MR) is 78.8 cm³/mol. The molecule has 1 aromatic rings. The van der Waals surface area contributed by atoms with Gasteiger partial charge >= 0.3 is 0 Å². The van der Waals surface area contributed by atoms with Gasteiger partial charge in [0, 0.05) is 25.2 Å². The maximum atomic E-state index is 9.91. The standard InChI is InChI=1S/C14H22N2O2.ClH/c15-5-1-2-12-3-4-14(17)13(10-12)11-16-6-8-18-9-7-16;/h3-4,10,17H,1-2,5-9,11,15H2;1H. The molecule has 0 aliphatic carbocycles. The Labute approximate surface area is 121 Å². The number of nitrogens with two attached hydrogens (primary N) is 1. The van der Waals surface area contributed by atoms with Crippen LogP contribution in [0.3, 0.4) is 0 Å². The lowest BCUT2D eigenvalue weighted by molar-refractivity contribution is 0.0339. The van der Waals surface area contributed by atoms with E-state index >= 15 is 0 Å². The highest BCUT2D eigenvalue weighted by Crippen LogP contribution is 2.21. The maximum Gasteiger partial charge on any atom is 0.120 e. The van der Waals surface area contributed by atoms with E-state index in [0.29, 0.717) is 12.3 Å². The van der Waals surface area contributed by atoms with Crippen LogP contribution in [0.2, 0.25) is 0 Å². The number of phenols is 1. The van der Waals surface area contributed by atoms with Crippen molar-refractivity contribution in [3.05, 3.63) is 29.3 Å². The summed E-state index contributed by atoms with van der Waals surface area (Å²) < 4.78 is 5.33. The highest BCUT2D eigenvalue weighted by Gasteiger charge is 2.13. The minimum atomic E-state index is 0. The van der Waals surface area contributed by atoms with E-state index < -0.39 is 0 Å². The molecule has 1 aliphatic rings. The first-order valence-corrected chi connectivity index (χ1v) is 6.60. The maximum absolute atomic E-state index is 9.91. The van der Waals surface area contributed by atoms with Crippen LogP contribution < -0.4 is 5.73 Å². The quantitative estimate of drug-likeness (QED) is 0.862. The molecule has 1 aromatic carbocycles. The molecule has 0 aromatic heterocycles. The van der Waals surface area contributed by atoms with Crippen molar-refractivity contribution in [3.63, 3.8) is 0 Å². The van der Waals surface area contributed by atoms with Gasteiger partial charge in [-0.3, -0.25) is 4.90 Å². The summed E-state index contributed by atoms with van der Waals surface area (Å²) in [5.41, 5.74) is 7.78. The van der Waals surface area contributed by atoms with Crippen molar-refractivity contribution in [1.29, 1.82) is 0 Å². The van der Waals surface area contributed by atoms with Crippen LogP contribution in [0.5, 0.6) is 5.75 Å². The molecule has 4 nitrogen and oxygen atoms in total. The Bertz CT molecular complexity index is 382. The molecule has 0 saturated carbocycles. The highest BCUT2D eigenvalue weighted by atomic mass is 35.5. The van der Waals surface area contributed by atoms with E-state index in [1.54, 1.807) is 6.07 Å². The number of aromatic hydroxyl groups is 1. The summed E-state index contributed by atoms with van der Waals surface area (Å²) in [7, 11) is 0. The second kappa shape index (κ2) is 8.38. The van der Waals surface area contributed by atoms with E-state index in [0.717, 1.165) is 51.3 Å². The predicted octanol–water partition coefficient (Wildman–Crippen LogP) is 1.54. The van der Waals surface area contributed by atoms with Crippen LogP contribution in [-0.2, 0) is 17.7 Å². The molecule has 3 N–H and O–H groups in total. The lowest BCUT2D eigenvalue weighted by Crippen LogP contribution is -2.35. The van der Waals surface area contributed by atoms with Crippen LogP contribution in [0.4, 0.5) is 0 Å². The molecule has 0 atom stereocenters. The fourth-order valence-electron chi connectivity index (χ4n) is 2.23. The van der Waals surface area contributed by atoms with Crippen molar-refractivity contribution < 1.29 is 9.84 Å². The molecule has 1 heterocycles. The van der Waals surface area contributed by atoms with Crippen molar-refractivity contribution in [2.45, 2.75) is 19.4 Å². The van der Waals surface area contributed by atoms with E-state index in [9.17, 15) is 5.11 Å². The summed E-state index contributed by atoms with van der Waals surface area (Å²) in [6.07, 6.45) is 1.97. The molecule has 5 heteroatoms. The van der Waals surface area contributed by atoms with Crippen LogP contribution in [0.25, 0.3) is 0 Å². The number of phenolic OH excluding ortho intramolecular Hbond substituents is 1. The van der Waals surface area contributed by atoms with Gasteiger partial charge in [-0.15, -0.1) is 12.4 Å². The molecule has 0 bridgehead atoms. The highest BCUT2D eigenvalue weighted by molar-refractivity contribution is 5.85. The van der Waals surface area contributed by atoms with Gasteiger partial charge in [-0.2, -0.15) is 0 Å². The minimum absolute atomic E-state index is 0. The monoisotopic (exact) mass is 286 g/mol. The molecule has 1 aliphatic heterocycles. The van der Waals surface area contributed by atoms with Crippen molar-refractivity contribution >= 4 is 12.4 Å². The summed E-state index contributed by atoms with van der Waals surface area (Å²) in [5, 5.41) is 9.91. The van der Waals surface area contributed by atoms with Crippen LogP contribution >= 0.6 is 12.4 Å². The largest absolute Gasteiger partial charge is 0.508 e. The fourth-order valence-corrected chi connectivity index (χ4v) is 2.23. The topological polar surface area (TPSA) is 58.7 Å². The summed E-state index contributed by atoms with van der Waals surface area (Å²) in [4.78, 5) is 2.31. The number of aryl methyl sites for hydroxylation is 1. The molecular formula is C14H23ClN2O2. The van der Waals surface area contributed by atoms with E-state index in [-0.39, 0.29) is 12.4 Å². The Morgan fingerprint density at radius 2 is 2.00 bits per heavy atom. The molecule has 19 heavy (non-hydrogen) atoms. The first-order chi connectivity index (χ1) is 8.79. The number of hydrogen-bond donors (Lipinski definition) is 2. The van der Waals surface area contributed by atoms with Crippen LogP contribution in [0, 0.1) is 0 Å². The van der Waals surface area contributed by atoms with E-state index in [2.05, 4.69) is 11.0 Å². The van der Waals surface area contributed by atoms with E-state index in [1.165, 1.54) is 5.56 Å². The molecule has 1 fully saturated rings. The van der Waals surface area contributed by atoms with E-state index in [1.807, 2.05) is 6.07 Å². The Balaban J connectivity index is 0.00000180. The van der Waals surface area contributed by atoms with Gasteiger partial charge in [0.1, 0.15) is 5.75 Å². The van der Waals surface area contributed by atoms with Gasteiger partial charge < -0.3 is 15.6 Å². The number of ether oxygens (including phenoxy) is 1. The molecule has 0 amide bonds. The second-order valence-corrected chi connectivity index (χ2v) is 4.74. The lowest BCUT2D eigenvalue weighted by Gasteiger charge is -2.27.